The average molecular weight is 145 g/mol. The van der Waals surface area contributed by atoms with Gasteiger partial charge in [0.25, 0.3) is 0 Å². The van der Waals surface area contributed by atoms with E-state index in [2.05, 4.69) is 32.6 Å². The van der Waals surface area contributed by atoms with Crippen LogP contribution in [0.2, 0.25) is 0 Å². The van der Waals surface area contributed by atoms with Gasteiger partial charge in [-0.2, -0.15) is 0 Å². The van der Waals surface area contributed by atoms with Gasteiger partial charge in [0, 0.05) is 0 Å². The Kier molecular flexibility index (Phi) is 2.13. The summed E-state index contributed by atoms with van der Waals surface area (Å²) in [7, 11) is 0. The van der Waals surface area contributed by atoms with Gasteiger partial charge in [-0.25, -0.2) is 0 Å². The van der Waals surface area contributed by atoms with Crippen LogP contribution < -0.4 is 0 Å². The molecule has 0 unspecified atom stereocenters. The van der Waals surface area contributed by atoms with E-state index in [0.717, 1.165) is 11.1 Å². The van der Waals surface area contributed by atoms with Gasteiger partial charge in [-0.15, -0.1) is 0 Å². The van der Waals surface area contributed by atoms with Crippen LogP contribution in [0.25, 0.3) is 5.57 Å². The molecule has 0 spiro atoms. The molecule has 0 aromatic heterocycles. The van der Waals surface area contributed by atoms with Crippen molar-refractivity contribution in [1.82, 2.24) is 0 Å². The lowest BCUT2D eigenvalue weighted by Crippen LogP contribution is -1.83. The molecule has 0 bridgehead atoms. The summed E-state index contributed by atoms with van der Waals surface area (Å²) in [5.41, 5.74) is 4.63. The van der Waals surface area contributed by atoms with Crippen molar-refractivity contribution in [2.75, 3.05) is 0 Å². The molecule has 0 saturated carbocycles. The normalized spacial score (nSPS) is 9.73. The Morgan fingerprint density at radius 3 is 2.45 bits per heavy atom. The van der Waals surface area contributed by atoms with Gasteiger partial charge >= 0.3 is 0 Å². The zero-order valence-corrected chi connectivity index (χ0v) is 7.15. The molecular weight excluding hydrogens is 132 g/mol. The van der Waals surface area contributed by atoms with E-state index in [1.165, 1.54) is 11.1 Å². The van der Waals surface area contributed by atoms with Crippen molar-refractivity contribution in [2.45, 2.75) is 13.8 Å². The monoisotopic (exact) mass is 145 g/mol. The summed E-state index contributed by atoms with van der Waals surface area (Å²) in [5.74, 6) is 0. The van der Waals surface area contributed by atoms with Crippen molar-refractivity contribution < 1.29 is 0 Å². The van der Waals surface area contributed by atoms with Crippen LogP contribution in [0, 0.1) is 13.8 Å². The average Bonchev–Trinajstić information content (AvgIpc) is 1.94. The Hall–Kier alpha value is -1.04. The molecule has 0 aliphatic heterocycles. The molecule has 0 heteroatoms. The second-order valence-corrected chi connectivity index (χ2v) is 2.92. The van der Waals surface area contributed by atoms with Gasteiger partial charge in [0.15, 0.2) is 0 Å². The van der Waals surface area contributed by atoms with Crippen LogP contribution in [-0.4, -0.2) is 0 Å². The topological polar surface area (TPSA) is 0 Å². The number of hydrogen-bond donors (Lipinski definition) is 0. The van der Waals surface area contributed by atoms with E-state index in [1.54, 1.807) is 0 Å². The van der Waals surface area contributed by atoms with Crippen molar-refractivity contribution in [1.29, 1.82) is 0 Å². The van der Waals surface area contributed by atoms with Crippen LogP contribution in [0.5, 0.6) is 0 Å². The smallest absolute Gasteiger partial charge is 0.0230 e. The van der Waals surface area contributed by atoms with Gasteiger partial charge in [0.1, 0.15) is 0 Å². The molecule has 0 saturated heterocycles. The highest BCUT2D eigenvalue weighted by Gasteiger charge is 1.95. The second-order valence-electron chi connectivity index (χ2n) is 2.92. The van der Waals surface area contributed by atoms with E-state index in [4.69, 9.17) is 0 Å². The van der Waals surface area contributed by atoms with Crippen LogP contribution >= 0.6 is 0 Å². The SMILES string of the molecule is [CH2]c1ccc(C(=C)C)cc1C. The molecule has 0 atom stereocenters. The summed E-state index contributed by atoms with van der Waals surface area (Å²) in [6.45, 7) is 11.8. The largest absolute Gasteiger partial charge is 0.0955 e. The maximum atomic E-state index is 3.89. The zero-order valence-electron chi connectivity index (χ0n) is 7.15. The molecule has 0 nitrogen and oxygen atoms in total. The van der Waals surface area contributed by atoms with E-state index < -0.39 is 0 Å². The minimum absolute atomic E-state index is 1.09. The fourth-order valence-electron chi connectivity index (χ4n) is 0.961. The van der Waals surface area contributed by atoms with Crippen molar-refractivity contribution >= 4 is 5.57 Å². The van der Waals surface area contributed by atoms with Crippen molar-refractivity contribution in [3.05, 3.63) is 48.4 Å². The molecule has 1 aromatic carbocycles. The second kappa shape index (κ2) is 2.91. The third kappa shape index (κ3) is 1.70. The molecule has 0 N–H and O–H groups in total. The molecule has 0 aliphatic carbocycles. The van der Waals surface area contributed by atoms with Crippen molar-refractivity contribution in [3.8, 4) is 0 Å². The third-order valence-electron chi connectivity index (χ3n) is 1.84. The first kappa shape index (κ1) is 8.06. The van der Waals surface area contributed by atoms with Crippen LogP contribution in [-0.2, 0) is 0 Å². The molecule has 0 heterocycles. The maximum Gasteiger partial charge on any atom is -0.0230 e. The first-order valence-corrected chi connectivity index (χ1v) is 3.70. The summed E-state index contributed by atoms with van der Waals surface area (Å²) in [4.78, 5) is 0. The first-order chi connectivity index (χ1) is 5.11. The lowest BCUT2D eigenvalue weighted by atomic mass is 10.0. The fourth-order valence-corrected chi connectivity index (χ4v) is 0.961. The van der Waals surface area contributed by atoms with Crippen molar-refractivity contribution in [3.63, 3.8) is 0 Å². The van der Waals surface area contributed by atoms with E-state index in [-0.39, 0.29) is 0 Å². The number of hydrogen-bond acceptors (Lipinski definition) is 0. The lowest BCUT2D eigenvalue weighted by Gasteiger charge is -2.03. The number of allylic oxidation sites excluding steroid dienone is 1. The Morgan fingerprint density at radius 2 is 2.00 bits per heavy atom. The van der Waals surface area contributed by atoms with Gasteiger partial charge in [-0.1, -0.05) is 30.4 Å². The van der Waals surface area contributed by atoms with Crippen molar-refractivity contribution in [2.24, 2.45) is 0 Å². The Bertz CT molecular complexity index is 282. The molecule has 1 aromatic rings. The number of rotatable bonds is 1. The summed E-state index contributed by atoms with van der Waals surface area (Å²) in [6, 6.07) is 6.20. The molecular formula is C11H13. The van der Waals surface area contributed by atoms with E-state index >= 15 is 0 Å². The molecule has 57 valence electrons. The quantitative estimate of drug-likeness (QED) is 0.569. The number of benzene rings is 1. The maximum absolute atomic E-state index is 3.89. The summed E-state index contributed by atoms with van der Waals surface area (Å²) in [6.07, 6.45) is 0. The van der Waals surface area contributed by atoms with Crippen LogP contribution in [0.15, 0.2) is 24.8 Å². The number of aryl methyl sites for hydroxylation is 1. The highest BCUT2D eigenvalue weighted by atomic mass is 14.0. The van der Waals surface area contributed by atoms with E-state index in [1.807, 2.05) is 13.0 Å². The summed E-state index contributed by atoms with van der Waals surface area (Å²) >= 11 is 0. The van der Waals surface area contributed by atoms with Gasteiger partial charge in [0.05, 0.1) is 0 Å². The molecule has 11 heavy (non-hydrogen) atoms. The minimum Gasteiger partial charge on any atom is -0.0955 e. The highest BCUT2D eigenvalue weighted by Crippen LogP contribution is 2.15. The molecule has 0 aliphatic rings. The van der Waals surface area contributed by atoms with E-state index in [0.29, 0.717) is 0 Å². The first-order valence-electron chi connectivity index (χ1n) is 3.70. The predicted octanol–water partition coefficient (Wildman–Crippen LogP) is 3.21. The standard InChI is InChI=1S/C11H13/c1-8(2)11-6-5-9(3)10(4)7-11/h5-7H,1,3H2,2,4H3. The summed E-state index contributed by atoms with van der Waals surface area (Å²) < 4.78 is 0. The Morgan fingerprint density at radius 1 is 1.36 bits per heavy atom. The lowest BCUT2D eigenvalue weighted by molar-refractivity contribution is 1.39. The fraction of sp³-hybridized carbons (Fsp3) is 0.182. The van der Waals surface area contributed by atoms with Crippen LogP contribution in [0.4, 0.5) is 0 Å². The predicted molar refractivity (Wildman–Crippen MR) is 50.3 cm³/mol. The third-order valence-corrected chi connectivity index (χ3v) is 1.84. The van der Waals surface area contributed by atoms with Gasteiger partial charge in [-0.3, -0.25) is 0 Å². The van der Waals surface area contributed by atoms with Crippen LogP contribution in [0.3, 0.4) is 0 Å². The minimum atomic E-state index is 1.09. The molecule has 1 rings (SSSR count). The van der Waals surface area contributed by atoms with Gasteiger partial charge in [-0.05, 0) is 37.5 Å². The zero-order chi connectivity index (χ0) is 8.43. The summed E-state index contributed by atoms with van der Waals surface area (Å²) in [5, 5.41) is 0. The van der Waals surface area contributed by atoms with Gasteiger partial charge in [0.2, 0.25) is 0 Å². The Balaban J connectivity index is 3.15. The van der Waals surface area contributed by atoms with Crippen LogP contribution in [0.1, 0.15) is 23.6 Å². The molecule has 0 amide bonds. The van der Waals surface area contributed by atoms with E-state index in [9.17, 15) is 0 Å². The Labute approximate surface area is 68.6 Å². The highest BCUT2D eigenvalue weighted by molar-refractivity contribution is 5.62. The van der Waals surface area contributed by atoms with Gasteiger partial charge < -0.3 is 0 Å². The molecule has 0 fully saturated rings. The molecule has 1 radical (unpaired) electrons.